The molecule has 1 N–H and O–H groups in total. The maximum absolute atomic E-state index is 11.6. The molecule has 3 aromatic rings. The van der Waals surface area contributed by atoms with Crippen LogP contribution in [0.5, 0.6) is 11.5 Å². The van der Waals surface area contributed by atoms with Crippen molar-refractivity contribution in [3.05, 3.63) is 95.1 Å². The Bertz CT molecular complexity index is 1050. The lowest BCUT2D eigenvalue weighted by molar-refractivity contribution is 0.242. The maximum atomic E-state index is 11.6. The summed E-state index contributed by atoms with van der Waals surface area (Å²) in [5.74, 6) is 2.19. The van der Waals surface area contributed by atoms with E-state index >= 15 is 0 Å². The summed E-state index contributed by atoms with van der Waals surface area (Å²) in [7, 11) is 1.67. The number of phenolic OH excluding ortho intramolecular Hbond substituents is 1. The summed E-state index contributed by atoms with van der Waals surface area (Å²) in [6.07, 6.45) is 5.44. The van der Waals surface area contributed by atoms with Crippen molar-refractivity contribution < 1.29 is 9.84 Å². The van der Waals surface area contributed by atoms with E-state index in [-0.39, 0.29) is 11.8 Å². The molecule has 3 aromatic carbocycles. The molecule has 0 spiro atoms. The van der Waals surface area contributed by atoms with Crippen molar-refractivity contribution in [3.8, 4) is 11.5 Å². The summed E-state index contributed by atoms with van der Waals surface area (Å²) in [4.78, 5) is 4.95. The molecule has 0 radical (unpaired) electrons. The molecule has 0 amide bonds. The van der Waals surface area contributed by atoms with E-state index in [0.717, 1.165) is 23.1 Å². The molecule has 1 aliphatic carbocycles. The molecule has 4 rings (SSSR count). The molecule has 3 heteroatoms. The third-order valence-electron chi connectivity index (χ3n) is 7.66. The first-order valence-electron chi connectivity index (χ1n) is 12.0. The van der Waals surface area contributed by atoms with Gasteiger partial charge in [0.25, 0.3) is 0 Å². The van der Waals surface area contributed by atoms with Crippen molar-refractivity contribution in [1.82, 2.24) is 0 Å². The lowest BCUT2D eigenvalue weighted by Crippen LogP contribution is -2.27. The zero-order chi connectivity index (χ0) is 23.4. The Morgan fingerprint density at radius 2 is 1.55 bits per heavy atom. The fourth-order valence-corrected chi connectivity index (χ4v) is 5.19. The van der Waals surface area contributed by atoms with Crippen molar-refractivity contribution in [2.75, 3.05) is 7.11 Å². The van der Waals surface area contributed by atoms with Crippen molar-refractivity contribution in [2.24, 2.45) is 16.8 Å². The number of aliphatic imine (C=N–C) groups is 1. The van der Waals surface area contributed by atoms with Gasteiger partial charge in [0.1, 0.15) is 11.5 Å². The molecule has 172 valence electrons. The molecular weight excluding hydrogens is 406 g/mol. The molecule has 1 fully saturated rings. The Morgan fingerprint density at radius 1 is 0.939 bits per heavy atom. The molecule has 0 bridgehead atoms. The van der Waals surface area contributed by atoms with E-state index in [9.17, 15) is 5.11 Å². The van der Waals surface area contributed by atoms with E-state index in [1.807, 2.05) is 54.7 Å². The average molecular weight is 442 g/mol. The van der Waals surface area contributed by atoms with Gasteiger partial charge < -0.3 is 9.84 Å². The van der Waals surface area contributed by atoms with Crippen LogP contribution in [0, 0.1) is 11.8 Å². The van der Waals surface area contributed by atoms with Crippen LogP contribution >= 0.6 is 0 Å². The standard InChI is InChI=1S/C30H35NO2/c1-21-12-11-17-28(22(21)2)31-20-23-18-26(33-4)19-27(29(23)32)30(3,24-13-7-5-8-14-24)25-15-9-6-10-16-25/h5-10,13-16,18-22,28,32H,11-12,17H2,1-4H3. The highest BCUT2D eigenvalue weighted by atomic mass is 16.5. The second-order valence-corrected chi connectivity index (χ2v) is 9.58. The van der Waals surface area contributed by atoms with Crippen LogP contribution in [0.2, 0.25) is 0 Å². The molecular formula is C30H35NO2. The van der Waals surface area contributed by atoms with E-state index in [1.165, 1.54) is 12.8 Å². The predicted octanol–water partition coefficient (Wildman–Crippen LogP) is 7.00. The topological polar surface area (TPSA) is 41.8 Å². The minimum Gasteiger partial charge on any atom is -0.507 e. The lowest BCUT2D eigenvalue weighted by atomic mass is 9.70. The fraction of sp³-hybridized carbons (Fsp3) is 0.367. The summed E-state index contributed by atoms with van der Waals surface area (Å²) in [6, 6.07) is 24.8. The van der Waals surface area contributed by atoms with Gasteiger partial charge >= 0.3 is 0 Å². The predicted molar refractivity (Wildman–Crippen MR) is 137 cm³/mol. The van der Waals surface area contributed by atoms with Crippen LogP contribution in [-0.4, -0.2) is 24.5 Å². The second-order valence-electron chi connectivity index (χ2n) is 9.58. The molecule has 3 atom stereocenters. The first-order chi connectivity index (χ1) is 15.9. The van der Waals surface area contributed by atoms with Gasteiger partial charge in [-0.05, 0) is 48.4 Å². The first-order valence-corrected chi connectivity index (χ1v) is 12.0. The van der Waals surface area contributed by atoms with E-state index in [1.54, 1.807) is 7.11 Å². The van der Waals surface area contributed by atoms with Gasteiger partial charge in [0.05, 0.1) is 13.2 Å². The highest BCUT2D eigenvalue weighted by Crippen LogP contribution is 2.45. The molecule has 0 aromatic heterocycles. The van der Waals surface area contributed by atoms with Gasteiger partial charge in [-0.15, -0.1) is 0 Å². The number of hydrogen-bond donors (Lipinski definition) is 1. The number of methoxy groups -OCH3 is 1. The first kappa shape index (κ1) is 23.1. The van der Waals surface area contributed by atoms with E-state index in [4.69, 9.17) is 9.73 Å². The number of aromatic hydroxyl groups is 1. The molecule has 3 unspecified atom stereocenters. The minimum absolute atomic E-state index is 0.256. The Balaban J connectivity index is 1.85. The second kappa shape index (κ2) is 9.82. The van der Waals surface area contributed by atoms with Crippen LogP contribution in [0.25, 0.3) is 0 Å². The van der Waals surface area contributed by atoms with Crippen molar-refractivity contribution in [1.29, 1.82) is 0 Å². The van der Waals surface area contributed by atoms with Gasteiger partial charge in [0, 0.05) is 22.8 Å². The third-order valence-corrected chi connectivity index (χ3v) is 7.66. The minimum atomic E-state index is -0.559. The van der Waals surface area contributed by atoms with Gasteiger partial charge in [-0.2, -0.15) is 0 Å². The molecule has 1 saturated carbocycles. The van der Waals surface area contributed by atoms with Crippen LogP contribution in [0.4, 0.5) is 0 Å². The third kappa shape index (κ3) is 4.55. The van der Waals surface area contributed by atoms with Crippen molar-refractivity contribution in [3.63, 3.8) is 0 Å². The van der Waals surface area contributed by atoms with Gasteiger partial charge in [-0.1, -0.05) is 87.4 Å². The number of nitrogens with zero attached hydrogens (tertiary/aromatic N) is 1. The monoisotopic (exact) mass is 441 g/mol. The van der Waals surface area contributed by atoms with Gasteiger partial charge in [0.2, 0.25) is 0 Å². The number of rotatable bonds is 6. The largest absolute Gasteiger partial charge is 0.507 e. The van der Waals surface area contributed by atoms with Crippen molar-refractivity contribution >= 4 is 6.21 Å². The highest BCUT2D eigenvalue weighted by Gasteiger charge is 2.35. The van der Waals surface area contributed by atoms with Crippen molar-refractivity contribution in [2.45, 2.75) is 51.5 Å². The van der Waals surface area contributed by atoms with Crippen LogP contribution in [0.15, 0.2) is 77.8 Å². The molecule has 0 heterocycles. The van der Waals surface area contributed by atoms with E-state index in [2.05, 4.69) is 45.0 Å². The SMILES string of the molecule is COc1cc(C=NC2CCCC(C)C2C)c(O)c(C(C)(c2ccccc2)c2ccccc2)c1. The Morgan fingerprint density at radius 3 is 2.12 bits per heavy atom. The zero-order valence-corrected chi connectivity index (χ0v) is 20.2. The lowest BCUT2D eigenvalue weighted by Gasteiger charge is -2.33. The molecule has 3 nitrogen and oxygen atoms in total. The normalized spacial score (nSPS) is 21.3. The summed E-state index contributed by atoms with van der Waals surface area (Å²) in [6.45, 7) is 6.78. The average Bonchev–Trinajstić information content (AvgIpc) is 2.86. The summed E-state index contributed by atoms with van der Waals surface area (Å²) < 4.78 is 5.67. The van der Waals surface area contributed by atoms with E-state index < -0.39 is 5.41 Å². The quantitative estimate of drug-likeness (QED) is 0.330. The molecule has 1 aliphatic rings. The van der Waals surface area contributed by atoms with Crippen LogP contribution < -0.4 is 4.74 Å². The molecule has 0 aliphatic heterocycles. The zero-order valence-electron chi connectivity index (χ0n) is 20.2. The Kier molecular flexibility index (Phi) is 6.88. The number of hydrogen-bond acceptors (Lipinski definition) is 3. The van der Waals surface area contributed by atoms with Gasteiger partial charge in [0.15, 0.2) is 0 Å². The summed E-state index contributed by atoms with van der Waals surface area (Å²) in [5, 5.41) is 11.6. The molecule has 0 saturated heterocycles. The smallest absolute Gasteiger partial charge is 0.129 e. The van der Waals surface area contributed by atoms with Crippen LogP contribution in [0.1, 0.15) is 62.3 Å². The number of phenols is 1. The fourth-order valence-electron chi connectivity index (χ4n) is 5.19. The summed E-state index contributed by atoms with van der Waals surface area (Å²) in [5.41, 5.74) is 3.17. The Hall–Kier alpha value is -3.07. The van der Waals surface area contributed by atoms with Gasteiger partial charge in [-0.3, -0.25) is 4.99 Å². The Labute approximate surface area is 198 Å². The highest BCUT2D eigenvalue weighted by molar-refractivity contribution is 5.86. The number of benzene rings is 3. The maximum Gasteiger partial charge on any atom is 0.129 e. The summed E-state index contributed by atoms with van der Waals surface area (Å²) >= 11 is 0. The number of ether oxygens (including phenoxy) is 1. The van der Waals surface area contributed by atoms with Crippen LogP contribution in [0.3, 0.4) is 0 Å². The van der Waals surface area contributed by atoms with E-state index in [0.29, 0.717) is 23.1 Å². The van der Waals surface area contributed by atoms with Crippen LogP contribution in [-0.2, 0) is 5.41 Å². The molecule has 33 heavy (non-hydrogen) atoms. The van der Waals surface area contributed by atoms with Gasteiger partial charge in [-0.25, -0.2) is 0 Å².